The minimum absolute atomic E-state index is 0.733. The molecule has 0 spiro atoms. The van der Waals surface area contributed by atoms with Gasteiger partial charge < -0.3 is 5.11 Å². The van der Waals surface area contributed by atoms with E-state index < -0.39 is 5.97 Å². The number of rotatable bonds is 1. The molecule has 0 bridgehead atoms. The fraction of sp³-hybridized carbons (Fsp3) is 0.250. The maximum Gasteiger partial charge on any atom is 0.382 e. The summed E-state index contributed by atoms with van der Waals surface area (Å²) in [6.07, 6.45) is 2.56. The molecule has 14 heavy (non-hydrogen) atoms. The first-order valence-electron chi connectivity index (χ1n) is 4.60. The van der Waals surface area contributed by atoms with Crippen LogP contribution < -0.4 is 0 Å². The number of aliphatic carboxylic acids is 1. The van der Waals surface area contributed by atoms with Crippen molar-refractivity contribution >= 4 is 5.97 Å². The molecule has 1 aromatic rings. The molecule has 0 amide bonds. The molecule has 0 radical (unpaired) electrons. The first-order chi connectivity index (χ1) is 6.75. The molecule has 1 fully saturated rings. The molecule has 0 saturated heterocycles. The lowest BCUT2D eigenvalue weighted by atomic mass is 10.1. The maximum absolute atomic E-state index is 10.2. The summed E-state index contributed by atoms with van der Waals surface area (Å²) in [6, 6.07) is 7.82. The van der Waals surface area contributed by atoms with E-state index in [2.05, 4.69) is 11.8 Å². The van der Waals surface area contributed by atoms with Gasteiger partial charge in [0.2, 0.25) is 0 Å². The molecular weight excluding hydrogens is 176 g/mol. The van der Waals surface area contributed by atoms with Crippen LogP contribution in [0.25, 0.3) is 0 Å². The summed E-state index contributed by atoms with van der Waals surface area (Å²) in [4.78, 5) is 10.2. The van der Waals surface area contributed by atoms with Crippen molar-refractivity contribution in [1.82, 2.24) is 0 Å². The SMILES string of the molecule is O=C(O)C#Cc1ccc(C2CC2)cc1. The lowest BCUT2D eigenvalue weighted by Crippen LogP contribution is -1.87. The normalized spacial score (nSPS) is 14.3. The van der Waals surface area contributed by atoms with E-state index >= 15 is 0 Å². The summed E-state index contributed by atoms with van der Waals surface area (Å²) >= 11 is 0. The molecule has 1 N–H and O–H groups in total. The third-order valence-corrected chi connectivity index (χ3v) is 2.27. The Hall–Kier alpha value is -1.75. The summed E-state index contributed by atoms with van der Waals surface area (Å²) in [5, 5.41) is 8.35. The van der Waals surface area contributed by atoms with Crippen molar-refractivity contribution in [2.75, 3.05) is 0 Å². The van der Waals surface area contributed by atoms with Gasteiger partial charge in [-0.1, -0.05) is 18.1 Å². The van der Waals surface area contributed by atoms with Crippen LogP contribution in [0.5, 0.6) is 0 Å². The standard InChI is InChI=1S/C12H10O2/c13-12(14)8-3-9-1-4-10(5-2-9)11-6-7-11/h1-2,4-5,11H,6-7H2,(H,13,14). The lowest BCUT2D eigenvalue weighted by molar-refractivity contribution is -0.130. The van der Waals surface area contributed by atoms with Gasteiger partial charge in [-0.2, -0.15) is 0 Å². The second-order valence-electron chi connectivity index (χ2n) is 3.45. The number of hydrogen-bond acceptors (Lipinski definition) is 1. The number of hydrogen-bond donors (Lipinski definition) is 1. The molecule has 1 aliphatic carbocycles. The van der Waals surface area contributed by atoms with E-state index in [-0.39, 0.29) is 0 Å². The van der Waals surface area contributed by atoms with Gasteiger partial charge in [-0.25, -0.2) is 4.79 Å². The molecule has 1 aromatic carbocycles. The van der Waals surface area contributed by atoms with E-state index in [1.165, 1.54) is 18.4 Å². The van der Waals surface area contributed by atoms with E-state index in [4.69, 9.17) is 5.11 Å². The van der Waals surface area contributed by atoms with E-state index in [9.17, 15) is 4.79 Å². The first kappa shape index (κ1) is 8.83. The molecule has 1 saturated carbocycles. The summed E-state index contributed by atoms with van der Waals surface area (Å²) in [7, 11) is 0. The predicted molar refractivity (Wildman–Crippen MR) is 52.9 cm³/mol. The number of carboxylic acid groups (broad SMARTS) is 1. The van der Waals surface area contributed by atoms with Crippen LogP contribution >= 0.6 is 0 Å². The minimum atomic E-state index is -1.09. The molecule has 2 rings (SSSR count). The monoisotopic (exact) mass is 186 g/mol. The molecule has 0 unspecified atom stereocenters. The van der Waals surface area contributed by atoms with Gasteiger partial charge in [-0.15, -0.1) is 0 Å². The average molecular weight is 186 g/mol. The van der Waals surface area contributed by atoms with E-state index in [1.807, 2.05) is 24.3 Å². The highest BCUT2D eigenvalue weighted by molar-refractivity contribution is 5.87. The Labute approximate surface area is 82.6 Å². The highest BCUT2D eigenvalue weighted by atomic mass is 16.4. The van der Waals surface area contributed by atoms with Crippen LogP contribution in [-0.2, 0) is 4.79 Å². The van der Waals surface area contributed by atoms with Crippen molar-refractivity contribution in [1.29, 1.82) is 0 Å². The fourth-order valence-electron chi connectivity index (χ4n) is 1.38. The van der Waals surface area contributed by atoms with Crippen molar-refractivity contribution in [3.63, 3.8) is 0 Å². The lowest BCUT2D eigenvalue weighted by Gasteiger charge is -1.96. The van der Waals surface area contributed by atoms with Gasteiger partial charge in [0.25, 0.3) is 0 Å². The van der Waals surface area contributed by atoms with Gasteiger partial charge in [0.1, 0.15) is 0 Å². The average Bonchev–Trinajstić information content (AvgIpc) is 2.99. The fourth-order valence-corrected chi connectivity index (χ4v) is 1.38. The van der Waals surface area contributed by atoms with E-state index in [1.54, 1.807) is 0 Å². The molecule has 2 nitrogen and oxygen atoms in total. The summed E-state index contributed by atoms with van der Waals surface area (Å²) < 4.78 is 0. The van der Waals surface area contributed by atoms with Crippen molar-refractivity contribution < 1.29 is 9.90 Å². The molecule has 0 heterocycles. The zero-order valence-corrected chi connectivity index (χ0v) is 7.66. The van der Waals surface area contributed by atoms with Crippen LogP contribution in [0, 0.1) is 11.8 Å². The molecular formula is C12H10O2. The zero-order valence-electron chi connectivity index (χ0n) is 7.66. The van der Waals surface area contributed by atoms with E-state index in [0.29, 0.717) is 0 Å². The van der Waals surface area contributed by atoms with Crippen LogP contribution in [0.1, 0.15) is 29.9 Å². The third-order valence-electron chi connectivity index (χ3n) is 2.27. The van der Waals surface area contributed by atoms with Gasteiger partial charge in [-0.05, 0) is 36.5 Å². The smallest absolute Gasteiger partial charge is 0.382 e. The van der Waals surface area contributed by atoms with Crippen molar-refractivity contribution in [2.45, 2.75) is 18.8 Å². The maximum atomic E-state index is 10.2. The Morgan fingerprint density at radius 3 is 2.43 bits per heavy atom. The molecule has 0 atom stereocenters. The molecule has 1 aliphatic rings. The van der Waals surface area contributed by atoms with E-state index in [0.717, 1.165) is 11.5 Å². The van der Waals surface area contributed by atoms with Gasteiger partial charge in [0.15, 0.2) is 0 Å². The number of carboxylic acids is 1. The second kappa shape index (κ2) is 3.55. The molecule has 0 aliphatic heterocycles. The van der Waals surface area contributed by atoms with Crippen molar-refractivity contribution in [3.05, 3.63) is 35.4 Å². The van der Waals surface area contributed by atoms with Crippen molar-refractivity contribution in [3.8, 4) is 11.8 Å². The van der Waals surface area contributed by atoms with Crippen LogP contribution in [0.4, 0.5) is 0 Å². The Morgan fingerprint density at radius 1 is 1.29 bits per heavy atom. The van der Waals surface area contributed by atoms with Crippen LogP contribution in [0.15, 0.2) is 24.3 Å². The summed E-state index contributed by atoms with van der Waals surface area (Å²) in [5.41, 5.74) is 2.10. The van der Waals surface area contributed by atoms with Gasteiger partial charge in [0, 0.05) is 11.5 Å². The summed E-state index contributed by atoms with van der Waals surface area (Å²) in [6.45, 7) is 0. The molecule has 2 heteroatoms. The van der Waals surface area contributed by atoms with Gasteiger partial charge >= 0.3 is 5.97 Å². The van der Waals surface area contributed by atoms with Crippen LogP contribution in [-0.4, -0.2) is 11.1 Å². The minimum Gasteiger partial charge on any atom is -0.472 e. The topological polar surface area (TPSA) is 37.3 Å². The largest absolute Gasteiger partial charge is 0.472 e. The van der Waals surface area contributed by atoms with Crippen LogP contribution in [0.3, 0.4) is 0 Å². The highest BCUT2D eigenvalue weighted by Crippen LogP contribution is 2.39. The number of carbonyl (C=O) groups is 1. The third kappa shape index (κ3) is 2.14. The van der Waals surface area contributed by atoms with Gasteiger partial charge in [0.05, 0.1) is 0 Å². The Morgan fingerprint density at radius 2 is 1.93 bits per heavy atom. The highest BCUT2D eigenvalue weighted by Gasteiger charge is 2.22. The number of benzene rings is 1. The second-order valence-corrected chi connectivity index (χ2v) is 3.45. The zero-order chi connectivity index (χ0) is 9.97. The Kier molecular flexibility index (Phi) is 2.24. The summed E-state index contributed by atoms with van der Waals surface area (Å²) in [5.74, 6) is 4.32. The molecule has 0 aromatic heterocycles. The van der Waals surface area contributed by atoms with Crippen molar-refractivity contribution in [2.24, 2.45) is 0 Å². The Bertz CT molecular complexity index is 402. The Balaban J connectivity index is 2.14. The van der Waals surface area contributed by atoms with Crippen LogP contribution in [0.2, 0.25) is 0 Å². The molecule has 70 valence electrons. The first-order valence-corrected chi connectivity index (χ1v) is 4.60. The quantitative estimate of drug-likeness (QED) is 0.681. The van der Waals surface area contributed by atoms with Gasteiger partial charge in [-0.3, -0.25) is 0 Å². The predicted octanol–water partition coefficient (Wildman–Crippen LogP) is 2.00.